The maximum atomic E-state index is 13.2. The Bertz CT molecular complexity index is 2250. The van der Waals surface area contributed by atoms with Crippen molar-refractivity contribution in [2.75, 3.05) is 0 Å². The van der Waals surface area contributed by atoms with Crippen LogP contribution in [0.4, 0.5) is 13.2 Å². The average molecular weight is 866 g/mol. The first-order valence-corrected chi connectivity index (χ1v) is 20.0. The largest absolute Gasteiger partial charge is 0.416 e. The maximum absolute atomic E-state index is 13.2. The number of thiophene rings is 1. The number of aromatic nitrogens is 2. The van der Waals surface area contributed by atoms with Gasteiger partial charge >= 0.3 is 6.18 Å². The first kappa shape index (κ1) is 34.9. The van der Waals surface area contributed by atoms with Gasteiger partial charge in [-0.15, -0.1) is 59.7 Å². The molecule has 4 aromatic carbocycles. The molecule has 0 saturated heterocycles. The molecule has 0 aliphatic carbocycles. The van der Waals surface area contributed by atoms with Crippen LogP contribution in [0.1, 0.15) is 36.4 Å². The number of halogens is 3. The summed E-state index contributed by atoms with van der Waals surface area (Å²) >= 11 is 1.31. The summed E-state index contributed by atoms with van der Waals surface area (Å²) in [6.45, 7) is 10.8. The first-order chi connectivity index (χ1) is 23.2. The van der Waals surface area contributed by atoms with Gasteiger partial charge in [-0.3, -0.25) is 0 Å². The third kappa shape index (κ3) is 8.10. The van der Waals surface area contributed by atoms with Gasteiger partial charge in [0, 0.05) is 44.5 Å². The molecule has 0 N–H and O–H groups in total. The van der Waals surface area contributed by atoms with E-state index in [1.54, 1.807) is 12.3 Å². The zero-order valence-corrected chi connectivity index (χ0v) is 32.0. The number of hydrogen-bond acceptors (Lipinski definition) is 3. The summed E-state index contributed by atoms with van der Waals surface area (Å²) in [6.07, 6.45) is -0.691. The normalized spacial score (nSPS) is 13.2. The summed E-state index contributed by atoms with van der Waals surface area (Å²) in [7, 11) is -1.23. The molecule has 0 spiro atoms. The molecule has 0 saturated carbocycles. The summed E-state index contributed by atoms with van der Waals surface area (Å²) in [5.41, 5.74) is 5.51. The van der Waals surface area contributed by atoms with Crippen molar-refractivity contribution in [2.45, 2.75) is 45.6 Å². The van der Waals surface area contributed by atoms with E-state index >= 15 is 0 Å². The zero-order chi connectivity index (χ0) is 35.0. The summed E-state index contributed by atoms with van der Waals surface area (Å²) in [4.78, 5) is 9.05. The molecule has 7 aromatic rings. The fourth-order valence-corrected chi connectivity index (χ4v) is 7.89. The molecule has 0 fully saturated rings. The fourth-order valence-electron chi connectivity index (χ4n) is 5.61. The van der Waals surface area contributed by atoms with Crippen molar-refractivity contribution in [1.29, 1.82) is 0 Å². The molecule has 1 radical (unpaired) electrons. The minimum atomic E-state index is -4.39. The van der Waals surface area contributed by atoms with Gasteiger partial charge in [-0.2, -0.15) is 24.5 Å². The summed E-state index contributed by atoms with van der Waals surface area (Å²) < 4.78 is 50.1. The molecule has 251 valence electrons. The second-order valence-electron chi connectivity index (χ2n) is 12.7. The van der Waals surface area contributed by atoms with Crippen LogP contribution in [0.2, 0.25) is 19.6 Å². The SMILES string of the molecule is C[Si](C)(C)c1ccc(-c2[c-]cccc2)nc1.[2H]C(C)(c1ccnc(-c2[c-]ccc3c2sc2cc(C(F)(F)F)ccc23)c1)c1ccccc1C.[Ir]. The quantitative estimate of drug-likeness (QED) is 0.127. The van der Waals surface area contributed by atoms with Gasteiger partial charge in [0.25, 0.3) is 0 Å². The molecule has 2 nitrogen and oxygen atoms in total. The Hall–Kier alpha value is -3.94. The van der Waals surface area contributed by atoms with Crippen molar-refractivity contribution >= 4 is 44.8 Å². The first-order valence-electron chi connectivity index (χ1n) is 16.1. The zero-order valence-electron chi connectivity index (χ0n) is 28.7. The van der Waals surface area contributed by atoms with E-state index in [-0.39, 0.29) is 20.1 Å². The molecular weight excluding hydrogens is 830 g/mol. The molecule has 1 atom stereocenters. The topological polar surface area (TPSA) is 25.8 Å². The predicted molar refractivity (Wildman–Crippen MR) is 197 cm³/mol. The van der Waals surface area contributed by atoms with Gasteiger partial charge in [-0.1, -0.05) is 80.5 Å². The monoisotopic (exact) mass is 866 g/mol. The van der Waals surface area contributed by atoms with Gasteiger partial charge in [-0.05, 0) is 68.5 Å². The van der Waals surface area contributed by atoms with E-state index in [1.165, 1.54) is 28.7 Å². The average Bonchev–Trinajstić information content (AvgIpc) is 3.47. The number of pyridine rings is 2. The van der Waals surface area contributed by atoms with E-state index in [0.29, 0.717) is 10.4 Å². The maximum Gasteiger partial charge on any atom is 0.416 e. The number of alkyl halides is 3. The van der Waals surface area contributed by atoms with E-state index in [9.17, 15) is 13.2 Å². The van der Waals surface area contributed by atoms with E-state index in [0.717, 1.165) is 55.0 Å². The Morgan fingerprint density at radius 1 is 0.816 bits per heavy atom. The van der Waals surface area contributed by atoms with Crippen LogP contribution in [0.5, 0.6) is 0 Å². The molecule has 49 heavy (non-hydrogen) atoms. The fraction of sp³-hybridized carbons (Fsp3) is 0.171. The molecule has 0 aliphatic rings. The van der Waals surface area contributed by atoms with E-state index in [4.69, 9.17) is 1.37 Å². The van der Waals surface area contributed by atoms with Crippen molar-refractivity contribution < 1.29 is 34.6 Å². The summed E-state index contributed by atoms with van der Waals surface area (Å²) in [5, 5.41) is 3.05. The van der Waals surface area contributed by atoms with Crippen LogP contribution in [0.3, 0.4) is 0 Å². The number of benzene rings is 4. The summed E-state index contributed by atoms with van der Waals surface area (Å²) in [5.74, 6) is -0.987. The van der Waals surface area contributed by atoms with E-state index in [1.807, 2.05) is 86.8 Å². The second-order valence-corrected chi connectivity index (χ2v) is 18.9. The molecule has 3 heterocycles. The number of rotatable bonds is 5. The van der Waals surface area contributed by atoms with Crippen LogP contribution in [0.25, 0.3) is 42.7 Å². The minimum absolute atomic E-state index is 0. The Morgan fingerprint density at radius 2 is 1.59 bits per heavy atom. The number of nitrogens with zero attached hydrogens (tertiary/aromatic N) is 2. The van der Waals surface area contributed by atoms with Crippen LogP contribution in [0, 0.1) is 19.1 Å². The van der Waals surface area contributed by atoms with Crippen molar-refractivity contribution in [2.24, 2.45) is 0 Å². The second kappa shape index (κ2) is 14.9. The molecule has 0 amide bonds. The van der Waals surface area contributed by atoms with Crippen molar-refractivity contribution in [1.82, 2.24) is 9.97 Å². The van der Waals surface area contributed by atoms with Crippen molar-refractivity contribution in [3.63, 3.8) is 0 Å². The molecule has 0 aliphatic heterocycles. The molecule has 8 heteroatoms. The standard InChI is InChI=1S/C27H19F3NS.C14H16NSi.Ir/c1-16-6-3-4-7-20(16)17(2)18-12-13-31-24(14-18)23-9-5-8-22-21-11-10-19(27(28,29)30)15-25(21)32-26(22)23;1-16(2,3)13-9-10-14(15-11-13)12-7-5-4-6-8-12;/h3-8,10-15,17H,1-2H3;4-7,9-11H,1-3H3;/q2*-1;/i17D;;. The Balaban J connectivity index is 0.000000241. The number of hydrogen-bond donors (Lipinski definition) is 0. The van der Waals surface area contributed by atoms with Gasteiger partial charge in [0.15, 0.2) is 0 Å². The van der Waals surface area contributed by atoms with Crippen LogP contribution in [-0.4, -0.2) is 18.0 Å². The summed E-state index contributed by atoms with van der Waals surface area (Å²) in [6, 6.07) is 37.7. The number of fused-ring (bicyclic) bond motifs is 3. The van der Waals surface area contributed by atoms with Crippen molar-refractivity contribution in [3.05, 3.63) is 150 Å². The van der Waals surface area contributed by atoms with E-state index < -0.39 is 25.7 Å². The van der Waals surface area contributed by atoms with Gasteiger partial charge in [0.2, 0.25) is 0 Å². The molecule has 7 rings (SSSR count). The van der Waals surface area contributed by atoms with Crippen LogP contribution >= 0.6 is 11.3 Å². The molecule has 3 aromatic heterocycles. The van der Waals surface area contributed by atoms with Crippen molar-refractivity contribution in [3.8, 4) is 22.5 Å². The third-order valence-electron chi connectivity index (χ3n) is 8.37. The Labute approximate surface area is 305 Å². The van der Waals surface area contributed by atoms with Gasteiger partial charge in [-0.25, -0.2) is 0 Å². The van der Waals surface area contributed by atoms with Gasteiger partial charge < -0.3 is 9.97 Å². The number of aryl methyl sites for hydroxylation is 1. The molecular formula is C41H35F3IrN2SSi-2. The predicted octanol–water partition coefficient (Wildman–Crippen LogP) is 11.5. The van der Waals surface area contributed by atoms with Crippen LogP contribution in [-0.2, 0) is 26.3 Å². The molecule has 0 bridgehead atoms. The minimum Gasteiger partial charge on any atom is -0.305 e. The van der Waals surface area contributed by atoms with Gasteiger partial charge in [0.05, 0.1) is 13.6 Å². The third-order valence-corrected chi connectivity index (χ3v) is 11.6. The van der Waals surface area contributed by atoms with Crippen LogP contribution in [0.15, 0.2) is 116 Å². The Morgan fingerprint density at radius 3 is 2.27 bits per heavy atom. The van der Waals surface area contributed by atoms with E-state index in [2.05, 4.69) is 53.9 Å². The Kier molecular flexibility index (Phi) is 10.6. The van der Waals surface area contributed by atoms with Gasteiger partial charge in [0.1, 0.15) is 0 Å². The smallest absolute Gasteiger partial charge is 0.305 e. The van der Waals surface area contributed by atoms with Crippen LogP contribution < -0.4 is 5.19 Å². The molecule has 1 unspecified atom stereocenters.